The van der Waals surface area contributed by atoms with E-state index in [1.807, 2.05) is 19.1 Å². The van der Waals surface area contributed by atoms with Crippen LogP contribution in [0.3, 0.4) is 0 Å². The van der Waals surface area contributed by atoms with E-state index in [4.69, 9.17) is 4.74 Å². The topological polar surface area (TPSA) is 66.5 Å². The van der Waals surface area contributed by atoms with E-state index in [0.717, 1.165) is 49.7 Å². The Kier molecular flexibility index (Phi) is 5.73. The Balaban J connectivity index is 1.94. The summed E-state index contributed by atoms with van der Waals surface area (Å²) in [5, 5.41) is 5.88. The number of aryl methyl sites for hydroxylation is 1. The first-order valence-corrected chi connectivity index (χ1v) is 8.78. The number of ether oxygens (including phenoxy) is 1. The molecule has 1 amide bonds. The lowest BCUT2D eigenvalue weighted by Crippen LogP contribution is -2.43. The van der Waals surface area contributed by atoms with Gasteiger partial charge in [-0.1, -0.05) is 6.07 Å². The smallest absolute Gasteiger partial charge is 0.417 e. The highest BCUT2D eigenvalue weighted by molar-refractivity contribution is 6.07. The van der Waals surface area contributed by atoms with E-state index < -0.39 is 23.2 Å². The lowest BCUT2D eigenvalue weighted by Gasteiger charge is -2.31. The van der Waals surface area contributed by atoms with Crippen LogP contribution in [0.4, 0.5) is 24.5 Å². The number of methoxy groups -OCH3 is 1. The number of carbonyl (C=O) groups is 1. The van der Waals surface area contributed by atoms with Crippen LogP contribution >= 0.6 is 0 Å². The molecule has 0 bridgehead atoms. The summed E-state index contributed by atoms with van der Waals surface area (Å²) in [6.07, 6.45) is -3.83. The number of piperazine rings is 1. The van der Waals surface area contributed by atoms with Crippen LogP contribution in [-0.4, -0.2) is 44.2 Å². The number of hydrogen-bond acceptors (Lipinski definition) is 5. The largest absolute Gasteiger partial charge is 0.481 e. The maximum Gasteiger partial charge on any atom is 0.417 e. The molecule has 2 aromatic rings. The Hall–Kier alpha value is -2.81. The van der Waals surface area contributed by atoms with Crippen molar-refractivity contribution in [1.29, 1.82) is 0 Å². The van der Waals surface area contributed by atoms with E-state index in [1.54, 1.807) is 6.07 Å². The number of rotatable bonds is 4. The van der Waals surface area contributed by atoms with Gasteiger partial charge in [0.2, 0.25) is 5.88 Å². The van der Waals surface area contributed by atoms with Crippen LogP contribution in [0.1, 0.15) is 21.5 Å². The molecule has 1 saturated heterocycles. The average molecular weight is 394 g/mol. The molecule has 0 radical (unpaired) electrons. The number of anilines is 2. The molecule has 0 aliphatic carbocycles. The van der Waals surface area contributed by atoms with Crippen molar-refractivity contribution >= 4 is 17.3 Å². The number of nitrogens with one attached hydrogen (secondary N) is 2. The fourth-order valence-electron chi connectivity index (χ4n) is 3.08. The van der Waals surface area contributed by atoms with Gasteiger partial charge < -0.3 is 20.3 Å². The predicted octanol–water partition coefficient (Wildman–Crippen LogP) is 3.08. The first-order chi connectivity index (χ1) is 13.3. The van der Waals surface area contributed by atoms with Gasteiger partial charge in [-0.15, -0.1) is 0 Å². The second-order valence-electron chi connectivity index (χ2n) is 6.48. The van der Waals surface area contributed by atoms with Crippen molar-refractivity contribution < 1.29 is 22.7 Å². The highest BCUT2D eigenvalue weighted by atomic mass is 19.4. The van der Waals surface area contributed by atoms with Gasteiger partial charge in [0.15, 0.2) is 0 Å². The van der Waals surface area contributed by atoms with Crippen molar-refractivity contribution in [1.82, 2.24) is 10.3 Å². The van der Waals surface area contributed by atoms with Crippen LogP contribution in [0.5, 0.6) is 5.88 Å². The molecule has 2 N–H and O–H groups in total. The van der Waals surface area contributed by atoms with E-state index in [2.05, 4.69) is 20.5 Å². The van der Waals surface area contributed by atoms with Crippen molar-refractivity contribution in [3.8, 4) is 5.88 Å². The number of aromatic nitrogens is 1. The number of benzene rings is 1. The lowest BCUT2D eigenvalue weighted by atomic mass is 10.1. The fraction of sp³-hybridized carbons (Fsp3) is 0.368. The minimum atomic E-state index is -4.71. The molecule has 0 saturated carbocycles. The molecular formula is C19H21F3N4O2. The van der Waals surface area contributed by atoms with Gasteiger partial charge in [0, 0.05) is 38.4 Å². The molecule has 2 heterocycles. The van der Waals surface area contributed by atoms with Gasteiger partial charge in [0.1, 0.15) is 0 Å². The number of halogens is 3. The van der Waals surface area contributed by atoms with Gasteiger partial charge in [-0.2, -0.15) is 13.2 Å². The number of carbonyl (C=O) groups excluding carboxylic acids is 1. The first kappa shape index (κ1) is 19.9. The third-order valence-corrected chi connectivity index (χ3v) is 4.50. The zero-order valence-corrected chi connectivity index (χ0v) is 15.6. The molecule has 1 aliphatic heterocycles. The van der Waals surface area contributed by atoms with Gasteiger partial charge in [0.05, 0.1) is 29.6 Å². The van der Waals surface area contributed by atoms with Crippen LogP contribution < -0.4 is 20.3 Å². The number of pyridine rings is 1. The van der Waals surface area contributed by atoms with Crippen molar-refractivity contribution in [3.05, 3.63) is 47.2 Å². The maximum atomic E-state index is 13.4. The number of nitrogens with zero attached hydrogens (tertiary/aromatic N) is 2. The second kappa shape index (κ2) is 8.05. The molecule has 1 aromatic carbocycles. The van der Waals surface area contributed by atoms with E-state index in [-0.39, 0.29) is 5.88 Å². The Morgan fingerprint density at radius 1 is 1.25 bits per heavy atom. The predicted molar refractivity (Wildman–Crippen MR) is 100 cm³/mol. The second-order valence-corrected chi connectivity index (χ2v) is 6.48. The summed E-state index contributed by atoms with van der Waals surface area (Å²) in [4.78, 5) is 18.6. The lowest BCUT2D eigenvalue weighted by molar-refractivity contribution is -0.138. The van der Waals surface area contributed by atoms with Crippen LogP contribution in [-0.2, 0) is 6.18 Å². The van der Waals surface area contributed by atoms with Crippen molar-refractivity contribution in [2.24, 2.45) is 0 Å². The van der Waals surface area contributed by atoms with Gasteiger partial charge in [-0.05, 0) is 24.6 Å². The van der Waals surface area contributed by atoms with Crippen molar-refractivity contribution in [3.63, 3.8) is 0 Å². The van der Waals surface area contributed by atoms with Crippen LogP contribution in [0.25, 0.3) is 0 Å². The Bertz CT molecular complexity index is 865. The molecule has 9 heteroatoms. The average Bonchev–Trinajstić information content (AvgIpc) is 2.67. The maximum absolute atomic E-state index is 13.4. The molecule has 1 aliphatic rings. The third kappa shape index (κ3) is 4.36. The minimum absolute atomic E-state index is 0.207. The fourth-order valence-corrected chi connectivity index (χ4v) is 3.08. The molecule has 6 nitrogen and oxygen atoms in total. The number of amides is 1. The van der Waals surface area contributed by atoms with E-state index in [0.29, 0.717) is 5.69 Å². The zero-order chi connectivity index (χ0) is 20.3. The molecule has 3 rings (SSSR count). The van der Waals surface area contributed by atoms with Crippen molar-refractivity contribution in [2.45, 2.75) is 13.1 Å². The minimum Gasteiger partial charge on any atom is -0.481 e. The summed E-state index contributed by atoms with van der Waals surface area (Å²) in [5.41, 5.74) is 0.485. The number of hydrogen-bond donors (Lipinski definition) is 2. The van der Waals surface area contributed by atoms with E-state index in [9.17, 15) is 18.0 Å². The van der Waals surface area contributed by atoms with Crippen LogP contribution in [0.15, 0.2) is 30.5 Å². The molecule has 0 atom stereocenters. The molecular weight excluding hydrogens is 373 g/mol. The molecule has 0 spiro atoms. The van der Waals surface area contributed by atoms with Gasteiger partial charge >= 0.3 is 6.18 Å². The summed E-state index contributed by atoms with van der Waals surface area (Å²) in [5.74, 6) is -1.08. The Morgan fingerprint density at radius 3 is 2.61 bits per heavy atom. The molecule has 150 valence electrons. The van der Waals surface area contributed by atoms with Gasteiger partial charge in [-0.3, -0.25) is 4.79 Å². The van der Waals surface area contributed by atoms with Crippen molar-refractivity contribution in [2.75, 3.05) is 43.5 Å². The van der Waals surface area contributed by atoms with Gasteiger partial charge in [0.25, 0.3) is 5.91 Å². The monoisotopic (exact) mass is 394 g/mol. The summed E-state index contributed by atoms with van der Waals surface area (Å²) >= 11 is 0. The van der Waals surface area contributed by atoms with E-state index in [1.165, 1.54) is 7.11 Å². The molecule has 28 heavy (non-hydrogen) atoms. The zero-order valence-electron chi connectivity index (χ0n) is 15.6. The molecule has 0 unspecified atom stereocenters. The summed E-state index contributed by atoms with van der Waals surface area (Å²) < 4.78 is 45.0. The highest BCUT2D eigenvalue weighted by Gasteiger charge is 2.36. The highest BCUT2D eigenvalue weighted by Crippen LogP contribution is 2.34. The number of alkyl halides is 3. The molecule has 1 fully saturated rings. The standard InChI is InChI=1S/C19H21F3N4O2/c1-12-3-4-16(26-7-5-23-6-8-26)15(9-12)25-18(27)13-11-24-17(28-2)10-14(13)19(20,21)22/h3-4,9-11,23H,5-8H2,1-2H3,(H,25,27). The van der Waals surface area contributed by atoms with Crippen LogP contribution in [0.2, 0.25) is 0 Å². The molecule has 1 aromatic heterocycles. The normalized spacial score (nSPS) is 14.7. The Morgan fingerprint density at radius 2 is 1.96 bits per heavy atom. The van der Waals surface area contributed by atoms with Crippen LogP contribution in [0, 0.1) is 6.92 Å². The summed E-state index contributed by atoms with van der Waals surface area (Å²) in [7, 11) is 1.22. The quantitative estimate of drug-likeness (QED) is 0.834. The summed E-state index contributed by atoms with van der Waals surface area (Å²) in [6.45, 7) is 4.92. The first-order valence-electron chi connectivity index (χ1n) is 8.78. The Labute approximate surface area is 160 Å². The SMILES string of the molecule is COc1cc(C(F)(F)F)c(C(=O)Nc2cc(C)ccc2N2CCNCC2)cn1. The van der Waals surface area contributed by atoms with Gasteiger partial charge in [-0.25, -0.2) is 4.98 Å². The van der Waals surface area contributed by atoms with E-state index >= 15 is 0 Å². The third-order valence-electron chi connectivity index (χ3n) is 4.50. The summed E-state index contributed by atoms with van der Waals surface area (Å²) in [6, 6.07) is 6.25.